The van der Waals surface area contributed by atoms with E-state index in [1.807, 2.05) is 0 Å². The van der Waals surface area contributed by atoms with Crippen molar-refractivity contribution in [2.75, 3.05) is 26.7 Å². The zero-order valence-electron chi connectivity index (χ0n) is 7.00. The van der Waals surface area contributed by atoms with Gasteiger partial charge in [-0.25, -0.2) is 0 Å². The van der Waals surface area contributed by atoms with E-state index in [4.69, 9.17) is 0 Å². The summed E-state index contributed by atoms with van der Waals surface area (Å²) in [5.74, 6) is 0. The normalized spacial score (nSPS) is 14.2. The fourth-order valence-electron chi connectivity index (χ4n) is 0.670. The average Bonchev–Trinajstić information content (AvgIpc) is 1.59. The molecule has 0 heterocycles. The highest BCUT2D eigenvalue weighted by Crippen LogP contribution is 2.60. The second kappa shape index (κ2) is 2.83. The van der Waals surface area contributed by atoms with E-state index in [9.17, 15) is 9.13 Å². The maximum atomic E-state index is 11.3. The van der Waals surface area contributed by atoms with Crippen LogP contribution in [0.3, 0.4) is 0 Å². The summed E-state index contributed by atoms with van der Waals surface area (Å²) in [7, 11) is -4.51. The predicted octanol–water partition coefficient (Wildman–Crippen LogP) is 2.39. The van der Waals surface area contributed by atoms with Crippen LogP contribution in [0.1, 0.15) is 0 Å². The smallest absolute Gasteiger partial charge is 0.0918 e. The van der Waals surface area contributed by atoms with E-state index in [2.05, 4.69) is 6.92 Å². The van der Waals surface area contributed by atoms with Crippen molar-refractivity contribution in [1.29, 1.82) is 0 Å². The van der Waals surface area contributed by atoms with Crippen LogP contribution < -0.4 is 0 Å². The van der Waals surface area contributed by atoms with E-state index in [-0.39, 0.29) is 5.40 Å². The predicted molar refractivity (Wildman–Crippen MR) is 48.1 cm³/mol. The fourth-order valence-corrected chi connectivity index (χ4v) is 6.03. The molecule has 0 saturated heterocycles. The van der Waals surface area contributed by atoms with Crippen molar-refractivity contribution in [3.63, 3.8) is 0 Å². The van der Waals surface area contributed by atoms with Crippen LogP contribution >= 0.6 is 14.3 Å². The van der Waals surface area contributed by atoms with Crippen LogP contribution in [0.4, 0.5) is 0 Å². The lowest BCUT2D eigenvalue weighted by atomic mass is 11.0. The molecular weight excluding hydrogens is 166 g/mol. The lowest BCUT2D eigenvalue weighted by molar-refractivity contribution is 0.572. The van der Waals surface area contributed by atoms with Gasteiger partial charge < -0.3 is 9.13 Å². The van der Waals surface area contributed by atoms with Gasteiger partial charge in [-0.2, -0.15) is 0 Å². The third kappa shape index (κ3) is 3.03. The maximum Gasteiger partial charge on any atom is 0.0918 e. The van der Waals surface area contributed by atoms with Crippen LogP contribution in [0.25, 0.3) is 0 Å². The topological polar surface area (TPSA) is 34.1 Å². The first-order valence-electron chi connectivity index (χ1n) is 3.08. The van der Waals surface area contributed by atoms with Gasteiger partial charge in [-0.1, -0.05) is 0 Å². The Morgan fingerprint density at radius 3 is 1.20 bits per heavy atom. The molecule has 0 aliphatic heterocycles. The first-order chi connectivity index (χ1) is 4.15. The molecule has 0 aromatic carbocycles. The van der Waals surface area contributed by atoms with Crippen LogP contribution in [0.15, 0.2) is 0 Å². The summed E-state index contributed by atoms with van der Waals surface area (Å²) in [5.41, 5.74) is 0. The Kier molecular flexibility index (Phi) is 2.96. The molecule has 0 aromatic heterocycles. The number of rotatable bonds is 2. The van der Waals surface area contributed by atoms with Crippen molar-refractivity contribution in [3.05, 3.63) is 6.92 Å². The second-order valence-corrected chi connectivity index (χ2v) is 10.7. The molecule has 61 valence electrons. The Bertz CT molecular complexity index is 176. The monoisotopic (exact) mass is 181 g/mol. The molecule has 1 radical (unpaired) electrons. The van der Waals surface area contributed by atoms with Gasteiger partial charge in [-0.3, -0.25) is 0 Å². The van der Waals surface area contributed by atoms with Crippen molar-refractivity contribution >= 4 is 14.3 Å². The molecule has 4 heteroatoms. The summed E-state index contributed by atoms with van der Waals surface area (Å²) in [4.78, 5) is 0. The Labute approximate surface area is 63.1 Å². The minimum Gasteiger partial charge on any atom is -0.323 e. The van der Waals surface area contributed by atoms with Crippen molar-refractivity contribution < 1.29 is 9.13 Å². The third-order valence-corrected chi connectivity index (χ3v) is 7.64. The summed E-state index contributed by atoms with van der Waals surface area (Å²) < 4.78 is 22.7. The first kappa shape index (κ1) is 10.5. The van der Waals surface area contributed by atoms with Gasteiger partial charge >= 0.3 is 0 Å². The van der Waals surface area contributed by atoms with Crippen molar-refractivity contribution in [1.82, 2.24) is 0 Å². The van der Waals surface area contributed by atoms with E-state index in [0.29, 0.717) is 0 Å². The van der Waals surface area contributed by atoms with Gasteiger partial charge in [0.1, 0.15) is 0 Å². The highest BCUT2D eigenvalue weighted by molar-refractivity contribution is 7.80. The van der Waals surface area contributed by atoms with Gasteiger partial charge in [0, 0.05) is 0 Å². The van der Waals surface area contributed by atoms with E-state index < -0.39 is 14.3 Å². The molecule has 2 nitrogen and oxygen atoms in total. The zero-order valence-corrected chi connectivity index (χ0v) is 8.78. The number of hydrogen-bond acceptors (Lipinski definition) is 2. The van der Waals surface area contributed by atoms with E-state index in [1.165, 1.54) is 0 Å². The molecule has 0 N–H and O–H groups in total. The van der Waals surface area contributed by atoms with Crippen LogP contribution in [0, 0.1) is 6.92 Å². The lowest BCUT2D eigenvalue weighted by Gasteiger charge is -2.20. The molecule has 0 rings (SSSR count). The molecular formula is C6H15O2P2. The minimum absolute atomic E-state index is 0.375. The maximum absolute atomic E-state index is 11.3. The summed E-state index contributed by atoms with van der Waals surface area (Å²) in [6.07, 6.45) is 0. The lowest BCUT2D eigenvalue weighted by Crippen LogP contribution is -2.01. The van der Waals surface area contributed by atoms with E-state index >= 15 is 0 Å². The zero-order chi connectivity index (χ0) is 8.58. The Morgan fingerprint density at radius 2 is 1.20 bits per heavy atom. The summed E-state index contributed by atoms with van der Waals surface area (Å²) >= 11 is 0. The molecule has 0 saturated carbocycles. The van der Waals surface area contributed by atoms with Gasteiger partial charge in [0.05, 0.1) is 19.7 Å². The molecule has 0 spiro atoms. The molecule has 0 atom stereocenters. The summed E-state index contributed by atoms with van der Waals surface area (Å²) in [5, 5.41) is -0.375. The van der Waals surface area contributed by atoms with Crippen LogP contribution in [0.5, 0.6) is 0 Å². The van der Waals surface area contributed by atoms with E-state index in [0.717, 1.165) is 0 Å². The molecule has 0 fully saturated rings. The average molecular weight is 181 g/mol. The molecule has 0 aliphatic rings. The van der Waals surface area contributed by atoms with Gasteiger partial charge in [-0.05, 0) is 33.6 Å². The minimum atomic E-state index is -2.25. The molecule has 0 aliphatic carbocycles. The molecule has 10 heavy (non-hydrogen) atoms. The third-order valence-electron chi connectivity index (χ3n) is 1.44. The van der Waals surface area contributed by atoms with Crippen molar-refractivity contribution in [3.8, 4) is 0 Å². The molecule has 0 unspecified atom stereocenters. The fraction of sp³-hybridized carbons (Fsp3) is 0.833. The Hall–Kier alpha value is 0.460. The van der Waals surface area contributed by atoms with Crippen LogP contribution in [-0.4, -0.2) is 32.1 Å². The van der Waals surface area contributed by atoms with E-state index in [1.54, 1.807) is 26.7 Å². The SMILES string of the molecule is [CH2]C(P(C)(C)=O)P(C)(C)=O. The number of hydrogen-bond donors (Lipinski definition) is 0. The van der Waals surface area contributed by atoms with Crippen molar-refractivity contribution in [2.45, 2.75) is 5.40 Å². The van der Waals surface area contributed by atoms with Gasteiger partial charge in [0.15, 0.2) is 0 Å². The standard InChI is InChI=1S/C6H15O2P2/c1-6(9(2,3)7)10(4,5)8/h6H,1H2,2-5H3. The van der Waals surface area contributed by atoms with Gasteiger partial charge in [0.25, 0.3) is 0 Å². The summed E-state index contributed by atoms with van der Waals surface area (Å²) in [6, 6.07) is 0. The van der Waals surface area contributed by atoms with Crippen LogP contribution in [-0.2, 0) is 9.13 Å². The first-order valence-corrected chi connectivity index (χ1v) is 8.42. The second-order valence-electron chi connectivity index (χ2n) is 3.35. The molecule has 0 amide bonds. The Balaban J connectivity index is 4.56. The van der Waals surface area contributed by atoms with Gasteiger partial charge in [0.2, 0.25) is 0 Å². The highest BCUT2D eigenvalue weighted by atomic mass is 31.2. The summed E-state index contributed by atoms with van der Waals surface area (Å²) in [6.45, 7) is 10.2. The van der Waals surface area contributed by atoms with Crippen LogP contribution in [0.2, 0.25) is 0 Å². The van der Waals surface area contributed by atoms with Gasteiger partial charge in [-0.15, -0.1) is 0 Å². The molecule has 0 aromatic rings. The molecule has 0 bridgehead atoms. The van der Waals surface area contributed by atoms with Crippen molar-refractivity contribution in [2.24, 2.45) is 0 Å². The highest BCUT2D eigenvalue weighted by Gasteiger charge is 2.28. The largest absolute Gasteiger partial charge is 0.323 e. The quantitative estimate of drug-likeness (QED) is 0.613. The Morgan fingerprint density at radius 1 is 1.00 bits per heavy atom.